The predicted molar refractivity (Wildman–Crippen MR) is 98.8 cm³/mol. The van der Waals surface area contributed by atoms with Gasteiger partial charge in [-0.15, -0.1) is 0 Å². The fourth-order valence-electron chi connectivity index (χ4n) is 3.46. The van der Waals surface area contributed by atoms with Gasteiger partial charge in [0.05, 0.1) is 16.5 Å². The predicted octanol–water partition coefficient (Wildman–Crippen LogP) is 3.26. The number of nitriles is 1. The number of carbonyl (C=O) groups excluding carboxylic acids is 2. The van der Waals surface area contributed by atoms with Crippen LogP contribution in [0.5, 0.6) is 0 Å². The molecule has 1 fully saturated rings. The summed E-state index contributed by atoms with van der Waals surface area (Å²) >= 11 is 1.24. The Hall–Kier alpha value is -2.65. The van der Waals surface area contributed by atoms with Crippen LogP contribution in [-0.4, -0.2) is 22.0 Å². The Morgan fingerprint density at radius 1 is 1.15 bits per heavy atom. The number of pyridine rings is 1. The molecule has 1 saturated heterocycles. The number of imide groups is 1. The summed E-state index contributed by atoms with van der Waals surface area (Å²) in [4.78, 5) is 31.1. The number of benzene rings is 1. The maximum Gasteiger partial charge on any atom is 0.247 e. The second kappa shape index (κ2) is 6.93. The molecule has 1 aliphatic carbocycles. The molecule has 0 spiro atoms. The van der Waals surface area contributed by atoms with E-state index in [0.717, 1.165) is 36.9 Å². The Bertz CT molecular complexity index is 921. The minimum Gasteiger partial charge on any atom is -0.274 e. The van der Waals surface area contributed by atoms with E-state index in [0.29, 0.717) is 16.3 Å². The number of nitrogens with zero attached hydrogens (tertiary/aromatic N) is 3. The molecule has 1 unspecified atom stereocenters. The molecular formula is C20H17N3O2S. The Morgan fingerprint density at radius 3 is 2.69 bits per heavy atom. The molecule has 0 N–H and O–H groups in total. The van der Waals surface area contributed by atoms with Gasteiger partial charge in [-0.05, 0) is 49.4 Å². The van der Waals surface area contributed by atoms with Crippen molar-refractivity contribution in [2.45, 2.75) is 42.4 Å². The second-order valence-electron chi connectivity index (χ2n) is 6.48. The van der Waals surface area contributed by atoms with E-state index in [9.17, 15) is 14.9 Å². The van der Waals surface area contributed by atoms with Gasteiger partial charge in [0.15, 0.2) is 0 Å². The van der Waals surface area contributed by atoms with Gasteiger partial charge in [-0.2, -0.15) is 5.26 Å². The van der Waals surface area contributed by atoms with Crippen LogP contribution in [0, 0.1) is 11.3 Å². The van der Waals surface area contributed by atoms with Crippen molar-refractivity contribution in [3.63, 3.8) is 0 Å². The highest BCUT2D eigenvalue weighted by atomic mass is 32.2. The number of rotatable bonds is 3. The first-order valence-corrected chi connectivity index (χ1v) is 9.56. The molecule has 4 rings (SSSR count). The van der Waals surface area contributed by atoms with Gasteiger partial charge in [0, 0.05) is 12.1 Å². The van der Waals surface area contributed by atoms with E-state index in [-0.39, 0.29) is 18.2 Å². The summed E-state index contributed by atoms with van der Waals surface area (Å²) in [5, 5.41) is 9.50. The lowest BCUT2D eigenvalue weighted by atomic mass is 9.95. The van der Waals surface area contributed by atoms with Crippen molar-refractivity contribution >= 4 is 29.3 Å². The molecule has 130 valence electrons. The highest BCUT2D eigenvalue weighted by Gasteiger charge is 2.40. The highest BCUT2D eigenvalue weighted by molar-refractivity contribution is 8.00. The van der Waals surface area contributed by atoms with Gasteiger partial charge in [0.2, 0.25) is 11.8 Å². The van der Waals surface area contributed by atoms with Gasteiger partial charge in [0.1, 0.15) is 11.1 Å². The maximum atomic E-state index is 12.8. The van der Waals surface area contributed by atoms with Crippen LogP contribution in [-0.2, 0) is 22.4 Å². The van der Waals surface area contributed by atoms with Crippen LogP contribution >= 0.6 is 11.8 Å². The Labute approximate surface area is 156 Å². The molecule has 1 aromatic heterocycles. The summed E-state index contributed by atoms with van der Waals surface area (Å²) in [5.74, 6) is -0.454. The minimum absolute atomic E-state index is 0.127. The van der Waals surface area contributed by atoms with Crippen LogP contribution in [0.2, 0.25) is 0 Å². The van der Waals surface area contributed by atoms with Crippen LogP contribution in [0.4, 0.5) is 5.69 Å². The van der Waals surface area contributed by atoms with E-state index in [4.69, 9.17) is 0 Å². The molecule has 2 amide bonds. The molecule has 2 aromatic rings. The molecule has 0 bridgehead atoms. The number of aromatic nitrogens is 1. The molecule has 2 heterocycles. The standard InChI is InChI=1S/C20H17N3O2S/c21-12-14-10-13-6-4-5-9-16(13)22-19(14)26-17-11-18(24)23(20(17)25)15-7-2-1-3-8-15/h1-3,7-8,10,17H,4-6,9,11H2. The molecule has 0 saturated carbocycles. The van der Waals surface area contributed by atoms with Crippen molar-refractivity contribution < 1.29 is 9.59 Å². The van der Waals surface area contributed by atoms with E-state index < -0.39 is 5.25 Å². The largest absolute Gasteiger partial charge is 0.274 e. The van der Waals surface area contributed by atoms with Gasteiger partial charge >= 0.3 is 0 Å². The Balaban J connectivity index is 1.61. The third-order valence-electron chi connectivity index (χ3n) is 4.76. The number of para-hydroxylation sites is 1. The summed E-state index contributed by atoms with van der Waals surface area (Å²) < 4.78 is 0. The molecule has 0 radical (unpaired) electrons. The Kier molecular flexibility index (Phi) is 4.48. The third kappa shape index (κ3) is 2.99. The second-order valence-corrected chi connectivity index (χ2v) is 7.67. The van der Waals surface area contributed by atoms with Gasteiger partial charge in [-0.25, -0.2) is 9.88 Å². The SMILES string of the molecule is N#Cc1cc2c(nc1SC1CC(=O)N(c3ccccc3)C1=O)CCCC2. The van der Waals surface area contributed by atoms with Gasteiger partial charge in [0.25, 0.3) is 0 Å². The van der Waals surface area contributed by atoms with Crippen molar-refractivity contribution in [1.82, 2.24) is 4.98 Å². The molecular weight excluding hydrogens is 346 g/mol. The fraction of sp³-hybridized carbons (Fsp3) is 0.300. The van der Waals surface area contributed by atoms with Crippen molar-refractivity contribution in [3.05, 3.63) is 53.2 Å². The first kappa shape index (κ1) is 16.8. The number of amides is 2. The van der Waals surface area contributed by atoms with Crippen molar-refractivity contribution in [2.75, 3.05) is 4.90 Å². The quantitative estimate of drug-likeness (QED) is 0.783. The summed E-state index contributed by atoms with van der Waals surface area (Å²) in [6.07, 6.45) is 4.20. The lowest BCUT2D eigenvalue weighted by Gasteiger charge is -2.18. The van der Waals surface area contributed by atoms with E-state index in [1.807, 2.05) is 12.1 Å². The van der Waals surface area contributed by atoms with E-state index in [1.165, 1.54) is 16.7 Å². The Morgan fingerprint density at radius 2 is 1.92 bits per heavy atom. The molecule has 2 aliphatic rings. The van der Waals surface area contributed by atoms with Crippen LogP contribution in [0.3, 0.4) is 0 Å². The number of thioether (sulfide) groups is 1. The first-order chi connectivity index (χ1) is 12.7. The van der Waals surface area contributed by atoms with Crippen molar-refractivity contribution in [1.29, 1.82) is 5.26 Å². The van der Waals surface area contributed by atoms with E-state index in [2.05, 4.69) is 11.1 Å². The number of hydrogen-bond acceptors (Lipinski definition) is 5. The fourth-order valence-corrected chi connectivity index (χ4v) is 4.56. The van der Waals surface area contributed by atoms with E-state index in [1.54, 1.807) is 24.3 Å². The number of fused-ring (bicyclic) bond motifs is 1. The normalized spacial score (nSPS) is 19.3. The minimum atomic E-state index is -0.538. The number of anilines is 1. The lowest BCUT2D eigenvalue weighted by molar-refractivity contribution is -0.121. The van der Waals surface area contributed by atoms with Crippen LogP contribution in [0.25, 0.3) is 0 Å². The first-order valence-electron chi connectivity index (χ1n) is 8.69. The molecule has 1 atom stereocenters. The highest BCUT2D eigenvalue weighted by Crippen LogP contribution is 2.35. The molecule has 6 heteroatoms. The van der Waals surface area contributed by atoms with Crippen LogP contribution in [0.1, 0.15) is 36.1 Å². The van der Waals surface area contributed by atoms with Crippen molar-refractivity contribution in [2.24, 2.45) is 0 Å². The topological polar surface area (TPSA) is 74.1 Å². The summed E-state index contributed by atoms with van der Waals surface area (Å²) in [6, 6.07) is 13.0. The molecule has 1 aliphatic heterocycles. The maximum absolute atomic E-state index is 12.8. The summed E-state index contributed by atoms with van der Waals surface area (Å²) in [6.45, 7) is 0. The van der Waals surface area contributed by atoms with Gasteiger partial charge in [-0.1, -0.05) is 30.0 Å². The summed E-state index contributed by atoms with van der Waals surface area (Å²) in [5.41, 5.74) is 3.24. The van der Waals surface area contributed by atoms with Crippen molar-refractivity contribution in [3.8, 4) is 6.07 Å². The van der Waals surface area contributed by atoms with Crippen LogP contribution in [0.15, 0.2) is 41.4 Å². The average molecular weight is 363 g/mol. The molecule has 1 aromatic carbocycles. The van der Waals surface area contributed by atoms with Crippen LogP contribution < -0.4 is 4.90 Å². The monoisotopic (exact) mass is 363 g/mol. The third-order valence-corrected chi connectivity index (χ3v) is 5.95. The number of hydrogen-bond donors (Lipinski definition) is 0. The molecule has 26 heavy (non-hydrogen) atoms. The van der Waals surface area contributed by atoms with Gasteiger partial charge < -0.3 is 0 Å². The number of aryl methyl sites for hydroxylation is 2. The zero-order valence-corrected chi connectivity index (χ0v) is 15.0. The van der Waals surface area contributed by atoms with E-state index >= 15 is 0 Å². The average Bonchev–Trinajstić information content (AvgIpc) is 2.95. The zero-order chi connectivity index (χ0) is 18.1. The summed E-state index contributed by atoms with van der Waals surface area (Å²) in [7, 11) is 0. The zero-order valence-electron chi connectivity index (χ0n) is 14.1. The smallest absolute Gasteiger partial charge is 0.247 e. The lowest BCUT2D eigenvalue weighted by Crippen LogP contribution is -2.31. The number of carbonyl (C=O) groups is 2. The molecule has 5 nitrogen and oxygen atoms in total. The van der Waals surface area contributed by atoms with Gasteiger partial charge in [-0.3, -0.25) is 9.59 Å².